The van der Waals surface area contributed by atoms with E-state index in [0.717, 1.165) is 28.2 Å². The molecule has 4 aromatic rings. The fourth-order valence-electron chi connectivity index (χ4n) is 3.87. The number of aryl methyl sites for hydroxylation is 1. The zero-order chi connectivity index (χ0) is 21.8. The van der Waals surface area contributed by atoms with Crippen molar-refractivity contribution in [2.45, 2.75) is 32.9 Å². The predicted molar refractivity (Wildman–Crippen MR) is 123 cm³/mol. The van der Waals surface area contributed by atoms with Gasteiger partial charge >= 0.3 is 0 Å². The Labute approximate surface area is 182 Å². The Hall–Kier alpha value is -3.60. The Morgan fingerprint density at radius 3 is 2.55 bits per heavy atom. The summed E-state index contributed by atoms with van der Waals surface area (Å²) in [5.41, 5.74) is 5.38. The van der Waals surface area contributed by atoms with Crippen LogP contribution in [0.1, 0.15) is 35.5 Å². The summed E-state index contributed by atoms with van der Waals surface area (Å²) in [5.74, 6) is 1.60. The Morgan fingerprint density at radius 1 is 1.03 bits per heavy atom. The van der Waals surface area contributed by atoms with Gasteiger partial charge in [0.05, 0.1) is 30.6 Å². The number of methoxy groups -OCH3 is 1. The van der Waals surface area contributed by atoms with Crippen molar-refractivity contribution in [3.8, 4) is 5.75 Å². The molecule has 0 bridgehead atoms. The molecular formula is C26H27N3O2. The summed E-state index contributed by atoms with van der Waals surface area (Å²) in [7, 11) is 1.63. The van der Waals surface area contributed by atoms with E-state index in [1.165, 1.54) is 11.1 Å². The fourth-order valence-corrected chi connectivity index (χ4v) is 3.87. The molecule has 1 amide bonds. The van der Waals surface area contributed by atoms with Crippen molar-refractivity contribution in [3.63, 3.8) is 0 Å². The van der Waals surface area contributed by atoms with Gasteiger partial charge in [0.1, 0.15) is 11.6 Å². The van der Waals surface area contributed by atoms with E-state index in [0.29, 0.717) is 13.0 Å². The Bertz CT molecular complexity index is 1190. The third kappa shape index (κ3) is 4.77. The van der Waals surface area contributed by atoms with Crippen LogP contribution in [-0.4, -0.2) is 22.6 Å². The minimum Gasteiger partial charge on any atom is -0.497 e. The maximum Gasteiger partial charge on any atom is 0.224 e. The van der Waals surface area contributed by atoms with E-state index >= 15 is 0 Å². The zero-order valence-electron chi connectivity index (χ0n) is 18.1. The molecule has 1 atom stereocenters. The minimum absolute atomic E-state index is 0.0353. The van der Waals surface area contributed by atoms with Crippen molar-refractivity contribution in [1.82, 2.24) is 14.9 Å². The number of nitrogens with one attached hydrogen (secondary N) is 1. The normalized spacial score (nSPS) is 12.0. The highest BCUT2D eigenvalue weighted by Crippen LogP contribution is 2.23. The molecule has 0 radical (unpaired) electrons. The third-order valence-electron chi connectivity index (χ3n) is 5.40. The van der Waals surface area contributed by atoms with E-state index in [2.05, 4.69) is 47.1 Å². The van der Waals surface area contributed by atoms with Gasteiger partial charge in [-0.05, 0) is 49.2 Å². The lowest BCUT2D eigenvalue weighted by molar-refractivity contribution is -0.121. The number of aromatic nitrogens is 2. The first-order valence-electron chi connectivity index (χ1n) is 10.5. The topological polar surface area (TPSA) is 56.1 Å². The second-order valence-corrected chi connectivity index (χ2v) is 7.85. The highest BCUT2D eigenvalue weighted by molar-refractivity contribution is 5.80. The summed E-state index contributed by atoms with van der Waals surface area (Å²) in [6, 6.07) is 23.9. The molecule has 0 saturated heterocycles. The van der Waals surface area contributed by atoms with Crippen LogP contribution in [0, 0.1) is 6.92 Å². The van der Waals surface area contributed by atoms with Gasteiger partial charge in [-0.25, -0.2) is 4.98 Å². The predicted octanol–water partition coefficient (Wildman–Crippen LogP) is 4.82. The van der Waals surface area contributed by atoms with Gasteiger partial charge in [0.2, 0.25) is 5.91 Å². The number of ether oxygens (including phenoxy) is 1. The van der Waals surface area contributed by atoms with Crippen LogP contribution >= 0.6 is 0 Å². The number of nitrogens with zero attached hydrogens (tertiary/aromatic N) is 2. The average Bonchev–Trinajstić information content (AvgIpc) is 3.13. The lowest BCUT2D eigenvalue weighted by Gasteiger charge is -2.17. The molecule has 0 aliphatic heterocycles. The van der Waals surface area contributed by atoms with Crippen LogP contribution in [0.4, 0.5) is 0 Å². The summed E-state index contributed by atoms with van der Waals surface area (Å²) in [4.78, 5) is 17.5. The monoisotopic (exact) mass is 413 g/mol. The van der Waals surface area contributed by atoms with Crippen LogP contribution < -0.4 is 10.1 Å². The largest absolute Gasteiger partial charge is 0.497 e. The molecule has 3 aromatic carbocycles. The molecule has 0 spiro atoms. The molecule has 1 aromatic heterocycles. The van der Waals surface area contributed by atoms with Crippen LogP contribution in [0.3, 0.4) is 0 Å². The molecule has 5 nitrogen and oxygen atoms in total. The van der Waals surface area contributed by atoms with Crippen LogP contribution in [0.25, 0.3) is 11.0 Å². The molecule has 1 unspecified atom stereocenters. The highest BCUT2D eigenvalue weighted by atomic mass is 16.5. The lowest BCUT2D eigenvalue weighted by atomic mass is 10.1. The van der Waals surface area contributed by atoms with Gasteiger partial charge < -0.3 is 14.6 Å². The first kappa shape index (κ1) is 20.7. The molecular weight excluding hydrogens is 386 g/mol. The summed E-state index contributed by atoms with van der Waals surface area (Å²) in [5, 5.41) is 3.12. The highest BCUT2D eigenvalue weighted by Gasteiger charge is 2.19. The smallest absolute Gasteiger partial charge is 0.224 e. The van der Waals surface area contributed by atoms with Crippen molar-refractivity contribution >= 4 is 16.9 Å². The zero-order valence-corrected chi connectivity index (χ0v) is 18.1. The van der Waals surface area contributed by atoms with Crippen LogP contribution in [0.15, 0.2) is 72.8 Å². The van der Waals surface area contributed by atoms with Crippen molar-refractivity contribution in [1.29, 1.82) is 0 Å². The molecule has 158 valence electrons. The molecule has 0 saturated carbocycles. The number of imidazole rings is 1. The van der Waals surface area contributed by atoms with Gasteiger partial charge in [-0.3, -0.25) is 4.79 Å². The van der Waals surface area contributed by atoms with Gasteiger partial charge in [-0.2, -0.15) is 0 Å². The molecule has 31 heavy (non-hydrogen) atoms. The maximum absolute atomic E-state index is 12.7. The summed E-state index contributed by atoms with van der Waals surface area (Å²) >= 11 is 0. The van der Waals surface area contributed by atoms with Crippen molar-refractivity contribution in [2.75, 3.05) is 7.11 Å². The summed E-state index contributed by atoms with van der Waals surface area (Å²) in [6.45, 7) is 4.79. The Morgan fingerprint density at radius 2 is 1.81 bits per heavy atom. The van der Waals surface area contributed by atoms with Gasteiger partial charge in [-0.1, -0.05) is 54.1 Å². The van der Waals surface area contributed by atoms with Crippen LogP contribution in [0.2, 0.25) is 0 Å². The van der Waals surface area contributed by atoms with E-state index in [1.54, 1.807) is 7.11 Å². The number of amides is 1. The number of para-hydroxylation sites is 2. The molecule has 0 aliphatic rings. The van der Waals surface area contributed by atoms with E-state index in [4.69, 9.17) is 9.72 Å². The minimum atomic E-state index is -0.219. The van der Waals surface area contributed by atoms with Gasteiger partial charge in [0.15, 0.2) is 0 Å². The SMILES string of the molecule is COc1ccc(CC(=O)NC(C)c2nc3ccccc3n2Cc2cccc(C)c2)cc1. The van der Waals surface area contributed by atoms with Crippen molar-refractivity contribution in [3.05, 3.63) is 95.3 Å². The van der Waals surface area contributed by atoms with Crippen LogP contribution in [0.5, 0.6) is 5.75 Å². The van der Waals surface area contributed by atoms with E-state index in [-0.39, 0.29) is 11.9 Å². The van der Waals surface area contributed by atoms with Crippen molar-refractivity contribution in [2.24, 2.45) is 0 Å². The third-order valence-corrected chi connectivity index (χ3v) is 5.40. The molecule has 0 aliphatic carbocycles. The fraction of sp³-hybridized carbons (Fsp3) is 0.231. The van der Waals surface area contributed by atoms with E-state index in [9.17, 15) is 4.79 Å². The number of carbonyl (C=O) groups excluding carboxylic acids is 1. The number of carbonyl (C=O) groups is 1. The number of rotatable bonds is 7. The average molecular weight is 414 g/mol. The van der Waals surface area contributed by atoms with Crippen molar-refractivity contribution < 1.29 is 9.53 Å². The maximum atomic E-state index is 12.7. The molecule has 1 heterocycles. The van der Waals surface area contributed by atoms with Gasteiger partial charge in [0, 0.05) is 6.54 Å². The standard InChI is InChI=1S/C26H27N3O2/c1-18-7-6-8-21(15-18)17-29-24-10-5-4-9-23(24)28-26(29)19(2)27-25(30)16-20-11-13-22(31-3)14-12-20/h4-15,19H,16-17H2,1-3H3,(H,27,30). The first-order valence-corrected chi connectivity index (χ1v) is 10.5. The van der Waals surface area contributed by atoms with E-state index in [1.807, 2.05) is 49.4 Å². The molecule has 4 rings (SSSR count). The van der Waals surface area contributed by atoms with Gasteiger partial charge in [-0.15, -0.1) is 0 Å². The molecule has 5 heteroatoms. The Balaban J connectivity index is 1.56. The number of hydrogen-bond donors (Lipinski definition) is 1. The number of fused-ring (bicyclic) bond motifs is 1. The Kier molecular flexibility index (Phi) is 6.03. The summed E-state index contributed by atoms with van der Waals surface area (Å²) in [6.07, 6.45) is 0.312. The van der Waals surface area contributed by atoms with Gasteiger partial charge in [0.25, 0.3) is 0 Å². The number of benzene rings is 3. The van der Waals surface area contributed by atoms with E-state index < -0.39 is 0 Å². The quantitative estimate of drug-likeness (QED) is 0.473. The second kappa shape index (κ2) is 9.04. The molecule has 1 N–H and O–H groups in total. The summed E-state index contributed by atoms with van der Waals surface area (Å²) < 4.78 is 7.38. The van der Waals surface area contributed by atoms with Crippen LogP contribution in [-0.2, 0) is 17.8 Å². The lowest BCUT2D eigenvalue weighted by Crippen LogP contribution is -2.30. The second-order valence-electron chi connectivity index (χ2n) is 7.85. The first-order chi connectivity index (χ1) is 15.0. The number of hydrogen-bond acceptors (Lipinski definition) is 3. The molecule has 0 fully saturated rings.